The van der Waals surface area contributed by atoms with Crippen LogP contribution in [0.1, 0.15) is 37.0 Å². The molecule has 2 aromatic rings. The number of hydrogen-bond acceptors (Lipinski definition) is 8. The number of thioether (sulfide) groups is 1. The molecule has 0 radical (unpaired) electrons. The molecule has 9 heteroatoms. The van der Waals surface area contributed by atoms with Crippen LogP contribution in [-0.2, 0) is 14.4 Å². The molecular weight excluding hydrogens is 486 g/mol. The van der Waals surface area contributed by atoms with Crippen molar-refractivity contribution in [2.45, 2.75) is 31.7 Å². The van der Waals surface area contributed by atoms with Gasteiger partial charge in [0.05, 0.1) is 19.1 Å². The van der Waals surface area contributed by atoms with Crippen LogP contribution in [0.2, 0.25) is 0 Å². The van der Waals surface area contributed by atoms with Gasteiger partial charge in [0, 0.05) is 29.3 Å². The minimum atomic E-state index is -0.00596. The fourth-order valence-electron chi connectivity index (χ4n) is 5.20. The predicted octanol–water partition coefficient (Wildman–Crippen LogP) is 5.41. The van der Waals surface area contributed by atoms with Crippen LogP contribution < -0.4 is 9.47 Å². The number of thiocarbonyl (C=S) groups is 1. The number of furan rings is 1. The van der Waals surface area contributed by atoms with Crippen molar-refractivity contribution >= 4 is 52.5 Å². The Hall–Kier alpha value is -3.13. The van der Waals surface area contributed by atoms with Gasteiger partial charge in [-0.15, -0.1) is 0 Å². The molecule has 5 rings (SSSR count). The van der Waals surface area contributed by atoms with E-state index < -0.39 is 0 Å². The van der Waals surface area contributed by atoms with Crippen molar-refractivity contribution in [3.05, 3.63) is 47.1 Å². The van der Waals surface area contributed by atoms with Crippen LogP contribution in [0.15, 0.2) is 40.2 Å². The number of benzene rings is 1. The van der Waals surface area contributed by atoms with Crippen molar-refractivity contribution < 1.29 is 28.3 Å². The fourth-order valence-corrected chi connectivity index (χ4v) is 6.54. The van der Waals surface area contributed by atoms with Gasteiger partial charge in [0.1, 0.15) is 27.3 Å². The molecule has 3 fully saturated rings. The normalized spacial score (nSPS) is 23.8. The lowest BCUT2D eigenvalue weighted by Gasteiger charge is -2.30. The van der Waals surface area contributed by atoms with Gasteiger partial charge < -0.3 is 13.9 Å². The van der Waals surface area contributed by atoms with Crippen molar-refractivity contribution in [2.24, 2.45) is 11.8 Å². The average Bonchev–Trinajstić information content (AvgIpc) is 3.63. The van der Waals surface area contributed by atoms with Gasteiger partial charge in [0.15, 0.2) is 0 Å². The summed E-state index contributed by atoms with van der Waals surface area (Å²) >= 11 is 6.97. The monoisotopic (exact) mass is 511 g/mol. The van der Waals surface area contributed by atoms with Gasteiger partial charge in [-0.3, -0.25) is 9.69 Å². The first-order valence-electron chi connectivity index (χ1n) is 11.2. The molecule has 35 heavy (non-hydrogen) atoms. The molecular formula is C26H25NO6S2. The van der Waals surface area contributed by atoms with Crippen LogP contribution in [0.3, 0.4) is 0 Å². The third-order valence-corrected chi connectivity index (χ3v) is 8.10. The first-order valence-corrected chi connectivity index (χ1v) is 12.4. The minimum Gasteiger partial charge on any atom is -0.497 e. The van der Waals surface area contributed by atoms with E-state index in [9.17, 15) is 4.79 Å². The maximum atomic E-state index is 13.3. The van der Waals surface area contributed by atoms with Gasteiger partial charge >= 0.3 is 6.15 Å². The molecule has 1 aliphatic heterocycles. The minimum absolute atomic E-state index is 0.00596. The summed E-state index contributed by atoms with van der Waals surface area (Å²) < 4.78 is 17.6. The van der Waals surface area contributed by atoms with E-state index in [0.717, 1.165) is 23.5 Å². The molecule has 2 saturated carbocycles. The van der Waals surface area contributed by atoms with E-state index in [4.69, 9.17) is 35.7 Å². The number of carbonyl (C=O) groups is 1. The Bertz CT molecular complexity index is 1200. The number of ether oxygens (including phenoxy) is 2. The van der Waals surface area contributed by atoms with Crippen molar-refractivity contribution in [2.75, 3.05) is 14.2 Å². The second kappa shape index (κ2) is 10.6. The van der Waals surface area contributed by atoms with E-state index in [1.54, 1.807) is 26.4 Å². The maximum Gasteiger partial charge on any atom is 0.373 e. The van der Waals surface area contributed by atoms with Gasteiger partial charge in [0.2, 0.25) is 0 Å². The van der Waals surface area contributed by atoms with Gasteiger partial charge in [-0.1, -0.05) is 43.1 Å². The molecule has 1 aromatic carbocycles. The zero-order valence-electron chi connectivity index (χ0n) is 19.4. The largest absolute Gasteiger partial charge is 0.497 e. The summed E-state index contributed by atoms with van der Waals surface area (Å²) in [7, 11) is 3.22. The van der Waals surface area contributed by atoms with Crippen molar-refractivity contribution in [1.29, 1.82) is 0 Å². The first-order chi connectivity index (χ1) is 16.9. The molecule has 1 amide bonds. The number of nitrogens with zero attached hydrogens (tertiary/aromatic N) is 1. The van der Waals surface area contributed by atoms with Gasteiger partial charge in [-0.2, -0.15) is 9.59 Å². The standard InChI is InChI=1S/C25H25NO4S2.CO2/c1-4-15-11-21(17-9-18(28-2)12-19(10-17)29-3)30-22(15)13-23-24(27)26(25(31)32-23)20-8-14-5-6-16(20)7-14;2-1-3/h4,9-14,16,20H,1,5-8H2,2-3H3;/b23-13-;. The zero-order valence-corrected chi connectivity index (χ0v) is 21.1. The van der Waals surface area contributed by atoms with Gasteiger partial charge in [0.25, 0.3) is 5.91 Å². The summed E-state index contributed by atoms with van der Waals surface area (Å²) in [6.45, 7) is 3.91. The van der Waals surface area contributed by atoms with Gasteiger partial charge in [-0.25, -0.2) is 0 Å². The Kier molecular flexibility index (Phi) is 7.60. The van der Waals surface area contributed by atoms with Crippen LogP contribution in [0.25, 0.3) is 23.5 Å². The van der Waals surface area contributed by atoms with Crippen LogP contribution in [0.5, 0.6) is 11.5 Å². The van der Waals surface area contributed by atoms with E-state index in [1.807, 2.05) is 29.2 Å². The number of rotatable bonds is 6. The molecule has 2 heterocycles. The maximum absolute atomic E-state index is 13.3. The fraction of sp³-hybridized carbons (Fsp3) is 0.346. The summed E-state index contributed by atoms with van der Waals surface area (Å²) in [5.74, 6) is 3.90. The number of hydrogen-bond donors (Lipinski definition) is 0. The second-order valence-electron chi connectivity index (χ2n) is 8.61. The molecule has 3 atom stereocenters. The lowest BCUT2D eigenvalue weighted by molar-refractivity contribution is -0.191. The van der Waals surface area contributed by atoms with Crippen molar-refractivity contribution in [3.63, 3.8) is 0 Å². The first kappa shape index (κ1) is 25.0. The second-order valence-corrected chi connectivity index (χ2v) is 10.3. The SMILES string of the molecule is C=Cc1cc(-c2cc(OC)cc(OC)c2)oc1/C=C1\SC(=S)N(C2CC3CCC2C3)C1=O.O=C=O. The molecule has 2 aliphatic carbocycles. The van der Waals surface area contributed by atoms with Crippen molar-refractivity contribution in [1.82, 2.24) is 4.90 Å². The summed E-state index contributed by atoms with van der Waals surface area (Å²) in [4.78, 5) is 32.0. The lowest BCUT2D eigenvalue weighted by Crippen LogP contribution is -2.41. The molecule has 3 unspecified atom stereocenters. The Morgan fingerprint density at radius 2 is 1.83 bits per heavy atom. The Morgan fingerprint density at radius 3 is 2.37 bits per heavy atom. The Balaban J connectivity index is 0.000000917. The average molecular weight is 512 g/mol. The molecule has 1 saturated heterocycles. The quantitative estimate of drug-likeness (QED) is 0.376. The highest BCUT2D eigenvalue weighted by Gasteiger charge is 2.48. The number of amides is 1. The molecule has 1 aromatic heterocycles. The Labute approximate surface area is 213 Å². The molecule has 0 spiro atoms. The summed E-state index contributed by atoms with van der Waals surface area (Å²) in [6, 6.07) is 7.73. The lowest BCUT2D eigenvalue weighted by atomic mass is 9.94. The number of fused-ring (bicyclic) bond motifs is 2. The number of carbonyl (C=O) groups excluding carboxylic acids is 3. The highest BCUT2D eigenvalue weighted by atomic mass is 32.2. The van der Waals surface area contributed by atoms with E-state index in [2.05, 4.69) is 6.58 Å². The smallest absolute Gasteiger partial charge is 0.373 e. The van der Waals surface area contributed by atoms with Crippen LogP contribution in [0, 0.1) is 11.8 Å². The number of methoxy groups -OCH3 is 2. The predicted molar refractivity (Wildman–Crippen MR) is 137 cm³/mol. The van der Waals surface area contributed by atoms with E-state index >= 15 is 0 Å². The third-order valence-electron chi connectivity index (χ3n) is 6.77. The van der Waals surface area contributed by atoms with Gasteiger partial charge in [-0.05, 0) is 49.3 Å². The summed E-state index contributed by atoms with van der Waals surface area (Å²) in [6.07, 6.45) is 8.57. The van der Waals surface area contributed by atoms with Crippen LogP contribution in [0.4, 0.5) is 0 Å². The van der Waals surface area contributed by atoms with E-state index in [0.29, 0.717) is 38.2 Å². The molecule has 0 N–H and O–H groups in total. The van der Waals surface area contributed by atoms with E-state index in [1.165, 1.54) is 31.0 Å². The van der Waals surface area contributed by atoms with Crippen LogP contribution in [-0.4, -0.2) is 41.5 Å². The zero-order chi connectivity index (χ0) is 25.1. The molecule has 3 aliphatic rings. The highest BCUT2D eigenvalue weighted by Crippen LogP contribution is 2.49. The molecule has 2 bridgehead atoms. The van der Waals surface area contributed by atoms with Crippen molar-refractivity contribution in [3.8, 4) is 22.8 Å². The van der Waals surface area contributed by atoms with Crippen LogP contribution >= 0.6 is 24.0 Å². The summed E-state index contributed by atoms with van der Waals surface area (Å²) in [5.41, 5.74) is 1.63. The molecule has 7 nitrogen and oxygen atoms in total. The Morgan fingerprint density at radius 1 is 1.14 bits per heavy atom. The molecule has 182 valence electrons. The third kappa shape index (κ3) is 4.98. The van der Waals surface area contributed by atoms with E-state index in [-0.39, 0.29) is 18.1 Å². The topological polar surface area (TPSA) is 86.1 Å². The summed E-state index contributed by atoms with van der Waals surface area (Å²) in [5, 5.41) is 0. The highest BCUT2D eigenvalue weighted by molar-refractivity contribution is 8.26.